The molecule has 1 heterocycles. The number of ether oxygens (including phenoxy) is 2. The monoisotopic (exact) mass is 794 g/mol. The van der Waals surface area contributed by atoms with E-state index < -0.39 is 78.5 Å². The topological polar surface area (TPSA) is 212 Å². The van der Waals surface area contributed by atoms with Crippen LogP contribution in [0.1, 0.15) is 162 Å². The number of allylic oxidation sites excluding steroid dienone is 3. The number of nitrogens with one attached hydrogen (secondary N) is 1. The Bertz CT molecular complexity index is 1090. The first kappa shape index (κ1) is 50.6. The van der Waals surface area contributed by atoms with Gasteiger partial charge in [0.1, 0.15) is 30.5 Å². The average Bonchev–Trinajstić information content (AvgIpc) is 3.14. The smallest absolute Gasteiger partial charge is 0.394 e. The van der Waals surface area contributed by atoms with Crippen molar-refractivity contribution in [1.29, 1.82) is 0 Å². The molecular weight excluding hydrogens is 719 g/mol. The quantitative estimate of drug-likeness (QED) is 0.0229. The van der Waals surface area contributed by atoms with Gasteiger partial charge < -0.3 is 40.3 Å². The summed E-state index contributed by atoms with van der Waals surface area (Å²) in [6.45, 7) is 3.12. The number of rotatable bonds is 34. The molecule has 1 amide bonds. The first-order valence-electron chi connectivity index (χ1n) is 20.8. The van der Waals surface area contributed by atoms with Crippen molar-refractivity contribution in [3.05, 3.63) is 24.3 Å². The fourth-order valence-corrected chi connectivity index (χ4v) is 6.97. The van der Waals surface area contributed by atoms with Crippen molar-refractivity contribution in [2.24, 2.45) is 0 Å². The number of amides is 1. The highest BCUT2D eigenvalue weighted by atomic mass is 32.3. The summed E-state index contributed by atoms with van der Waals surface area (Å²) in [6.07, 6.45) is 21.6. The Balaban J connectivity index is 2.64. The Morgan fingerprint density at radius 2 is 1.22 bits per heavy atom. The maximum atomic E-state index is 13.0. The molecule has 7 N–H and O–H groups in total. The summed E-state index contributed by atoms with van der Waals surface area (Å²) < 4.78 is 47.3. The number of hydrogen-bond donors (Lipinski definition) is 7. The van der Waals surface area contributed by atoms with E-state index in [4.69, 9.17) is 14.0 Å². The third-order valence-electron chi connectivity index (χ3n) is 9.84. The lowest BCUT2D eigenvalue weighted by atomic mass is 9.99. The zero-order valence-electron chi connectivity index (χ0n) is 33.1. The maximum absolute atomic E-state index is 13.0. The molecule has 1 aliphatic rings. The first-order chi connectivity index (χ1) is 25.9. The van der Waals surface area contributed by atoms with Gasteiger partial charge in [-0.3, -0.25) is 9.35 Å². The van der Waals surface area contributed by atoms with Crippen molar-refractivity contribution in [2.75, 3.05) is 13.2 Å². The highest BCUT2D eigenvalue weighted by Crippen LogP contribution is 2.26. The second-order valence-corrected chi connectivity index (χ2v) is 15.8. The van der Waals surface area contributed by atoms with Crippen molar-refractivity contribution in [3.8, 4) is 0 Å². The highest BCUT2D eigenvalue weighted by Gasteiger charge is 2.48. The van der Waals surface area contributed by atoms with Gasteiger partial charge in [0, 0.05) is 0 Å². The van der Waals surface area contributed by atoms with Crippen molar-refractivity contribution >= 4 is 16.3 Å². The lowest BCUT2D eigenvalue weighted by Gasteiger charge is -2.41. The molecular formula is C40H75NO12S. The highest BCUT2D eigenvalue weighted by molar-refractivity contribution is 7.80. The second kappa shape index (κ2) is 31.6. The van der Waals surface area contributed by atoms with Crippen LogP contribution in [0.2, 0.25) is 0 Å². The molecule has 13 nitrogen and oxygen atoms in total. The number of aliphatic hydroxyl groups excluding tert-OH is 5. The molecule has 0 aromatic carbocycles. The maximum Gasteiger partial charge on any atom is 0.397 e. The molecule has 0 spiro atoms. The largest absolute Gasteiger partial charge is 0.397 e. The van der Waals surface area contributed by atoms with E-state index in [1.54, 1.807) is 0 Å². The van der Waals surface area contributed by atoms with Crippen molar-refractivity contribution < 1.29 is 57.0 Å². The van der Waals surface area contributed by atoms with Crippen LogP contribution in [0, 0.1) is 0 Å². The Labute approximate surface area is 325 Å². The molecule has 0 radical (unpaired) electrons. The van der Waals surface area contributed by atoms with Crippen LogP contribution in [0.25, 0.3) is 0 Å². The number of hydrogen-bond acceptors (Lipinski definition) is 11. The summed E-state index contributed by atoms with van der Waals surface area (Å²) in [5.74, 6) is -0.740. The summed E-state index contributed by atoms with van der Waals surface area (Å²) in [4.78, 5) is 13.0. The average molecular weight is 794 g/mol. The van der Waals surface area contributed by atoms with Gasteiger partial charge in [-0.15, -0.1) is 0 Å². The number of aliphatic hydroxyl groups is 5. The summed E-state index contributed by atoms with van der Waals surface area (Å²) in [5, 5.41) is 54.8. The number of carbonyl (C=O) groups excluding carboxylic acids is 1. The van der Waals surface area contributed by atoms with E-state index >= 15 is 0 Å². The molecule has 318 valence electrons. The zero-order valence-corrected chi connectivity index (χ0v) is 34.0. The predicted octanol–water partition coefficient (Wildman–Crippen LogP) is 5.96. The fourth-order valence-electron chi connectivity index (χ4n) is 6.46. The minimum Gasteiger partial charge on any atom is -0.394 e. The molecule has 1 fully saturated rings. The van der Waals surface area contributed by atoms with Gasteiger partial charge in [-0.2, -0.15) is 8.42 Å². The van der Waals surface area contributed by atoms with Gasteiger partial charge in [-0.05, 0) is 38.5 Å². The van der Waals surface area contributed by atoms with Crippen LogP contribution in [-0.4, -0.2) is 107 Å². The van der Waals surface area contributed by atoms with Crippen LogP contribution < -0.4 is 5.32 Å². The molecule has 14 heteroatoms. The van der Waals surface area contributed by atoms with Gasteiger partial charge in [-0.25, -0.2) is 4.18 Å². The molecule has 0 aromatic heterocycles. The Hall–Kier alpha value is -1.46. The van der Waals surface area contributed by atoms with Gasteiger partial charge in [-0.1, -0.05) is 147 Å². The molecule has 1 rings (SSSR count). The van der Waals surface area contributed by atoms with E-state index in [1.807, 2.05) is 18.2 Å². The van der Waals surface area contributed by atoms with E-state index in [0.29, 0.717) is 12.8 Å². The molecule has 54 heavy (non-hydrogen) atoms. The molecule has 8 atom stereocenters. The molecule has 0 saturated carbocycles. The fraction of sp³-hybridized carbons (Fsp3) is 0.875. The van der Waals surface area contributed by atoms with E-state index in [1.165, 1.54) is 89.5 Å². The van der Waals surface area contributed by atoms with E-state index in [0.717, 1.165) is 44.9 Å². The number of unbranched alkanes of at least 4 members (excludes halogenated alkanes) is 19. The van der Waals surface area contributed by atoms with Crippen LogP contribution >= 0.6 is 0 Å². The third-order valence-corrected chi connectivity index (χ3v) is 10.3. The number of carbonyl (C=O) groups is 1. The first-order valence-corrected chi connectivity index (χ1v) is 22.2. The van der Waals surface area contributed by atoms with Crippen LogP contribution in [0.15, 0.2) is 24.3 Å². The minimum absolute atomic E-state index is 0.158. The predicted molar refractivity (Wildman–Crippen MR) is 210 cm³/mol. The standard InChI is InChI=1S/C40H75NO12S/c1-3-5-7-9-11-13-14-15-16-17-18-19-20-21-23-24-26-28-33(43)32(41-39(47)34(44)29-27-25-22-12-10-8-6-4-2)31-51-40-37(46)38(53-54(48,49)50)36(45)35(30-42)52-40/h22,25-26,28,32-38,40,42-46H,3-21,23-24,27,29-31H2,1-2H3,(H,41,47)(H,48,49,50)/b25-22-,28-26+. The van der Waals surface area contributed by atoms with Crippen LogP contribution in [0.5, 0.6) is 0 Å². The van der Waals surface area contributed by atoms with Gasteiger partial charge >= 0.3 is 10.4 Å². The van der Waals surface area contributed by atoms with Gasteiger partial charge in [0.25, 0.3) is 0 Å². The lowest BCUT2D eigenvalue weighted by Crippen LogP contribution is -2.61. The Morgan fingerprint density at radius 3 is 1.74 bits per heavy atom. The molecule has 0 aromatic rings. The SMILES string of the molecule is CCCCCC/C=C\CCC(O)C(=O)NC(COC1OC(CO)C(O)C(OS(=O)(=O)O)C1O)C(O)/C=C/CCCCCCCCCCCCCCCCC. The summed E-state index contributed by atoms with van der Waals surface area (Å²) in [5.41, 5.74) is 0. The van der Waals surface area contributed by atoms with Gasteiger partial charge in [0.2, 0.25) is 5.91 Å². The van der Waals surface area contributed by atoms with Crippen molar-refractivity contribution in [1.82, 2.24) is 5.32 Å². The summed E-state index contributed by atoms with van der Waals surface area (Å²) in [7, 11) is -5.11. The summed E-state index contributed by atoms with van der Waals surface area (Å²) >= 11 is 0. The third kappa shape index (κ3) is 24.2. The van der Waals surface area contributed by atoms with Crippen LogP contribution in [-0.2, 0) is 28.9 Å². The molecule has 0 aliphatic carbocycles. The molecule has 1 aliphatic heterocycles. The van der Waals surface area contributed by atoms with Gasteiger partial charge in [0.15, 0.2) is 6.29 Å². The molecule has 8 unspecified atom stereocenters. The summed E-state index contributed by atoms with van der Waals surface area (Å²) in [6, 6.07) is -1.13. The van der Waals surface area contributed by atoms with E-state index in [-0.39, 0.29) is 6.42 Å². The Kier molecular flexibility index (Phi) is 29.6. The normalized spacial score (nSPS) is 22.6. The second-order valence-electron chi connectivity index (χ2n) is 14.7. The molecule has 1 saturated heterocycles. The minimum atomic E-state index is -5.11. The molecule has 0 bridgehead atoms. The van der Waals surface area contributed by atoms with Gasteiger partial charge in [0.05, 0.1) is 25.4 Å². The van der Waals surface area contributed by atoms with Crippen molar-refractivity contribution in [3.63, 3.8) is 0 Å². The van der Waals surface area contributed by atoms with Crippen molar-refractivity contribution in [2.45, 2.75) is 210 Å². The van der Waals surface area contributed by atoms with E-state index in [2.05, 4.69) is 23.3 Å². The lowest BCUT2D eigenvalue weighted by molar-refractivity contribution is -0.298. The zero-order chi connectivity index (χ0) is 40.0. The van der Waals surface area contributed by atoms with E-state index in [9.17, 15) is 38.7 Å². The van der Waals surface area contributed by atoms with Crippen LogP contribution in [0.4, 0.5) is 0 Å². The van der Waals surface area contributed by atoms with Crippen LogP contribution in [0.3, 0.4) is 0 Å². The Morgan fingerprint density at radius 1 is 0.741 bits per heavy atom.